The first kappa shape index (κ1) is 30.7. The monoisotopic (exact) mass is 612 g/mol. The summed E-state index contributed by atoms with van der Waals surface area (Å²) < 4.78 is 20.7. The van der Waals surface area contributed by atoms with Crippen LogP contribution in [0.4, 0.5) is 15.9 Å². The minimum atomic E-state index is -1.08. The molecule has 4 heterocycles. The number of carbonyl (C=O) groups is 1. The number of amides is 1. The normalized spacial score (nSPS) is 19.6. The van der Waals surface area contributed by atoms with E-state index in [0.29, 0.717) is 52.2 Å². The summed E-state index contributed by atoms with van der Waals surface area (Å²) in [6.45, 7) is 19.1. The standard InChI is InChI=1S/C34H41FN8O2/c1-6-30(44)43-15-14-42(19-26(43)17-36-4)32-27-10-13-41(29-18-37-16-25-9-7-8-23(2)31(25)29)20-28(27)38-33(39-32)45-21-24(3)40(5)22-34(35)11-12-34/h6-9,16,18,24,26H,1,10-15,17,19-22H2,2-3,5H3/t24-,26-/m0/s1. The second-order valence-corrected chi connectivity index (χ2v) is 12.7. The van der Waals surface area contributed by atoms with Crippen molar-refractivity contribution in [1.29, 1.82) is 0 Å². The number of likely N-dealkylation sites (N-methyl/N-ethyl adjacent to an activating group) is 1. The molecular weight excluding hydrogens is 571 g/mol. The highest BCUT2D eigenvalue weighted by molar-refractivity contribution is 5.96. The number of anilines is 2. The Bertz CT molecular complexity index is 1630. The summed E-state index contributed by atoms with van der Waals surface area (Å²) in [7, 11) is 1.92. The smallest absolute Gasteiger partial charge is 0.318 e. The molecule has 1 saturated carbocycles. The van der Waals surface area contributed by atoms with Crippen LogP contribution in [-0.2, 0) is 17.8 Å². The average Bonchev–Trinajstić information content (AvgIpc) is 3.78. The number of halogens is 1. The summed E-state index contributed by atoms with van der Waals surface area (Å²) in [4.78, 5) is 38.8. The van der Waals surface area contributed by atoms with E-state index < -0.39 is 5.67 Å². The van der Waals surface area contributed by atoms with Gasteiger partial charge in [-0.25, -0.2) is 11.0 Å². The van der Waals surface area contributed by atoms with Crippen LogP contribution in [0.1, 0.15) is 36.6 Å². The van der Waals surface area contributed by atoms with Gasteiger partial charge in [0.05, 0.1) is 24.1 Å². The number of alkyl halides is 1. The highest BCUT2D eigenvalue weighted by atomic mass is 19.1. The van der Waals surface area contributed by atoms with Crippen LogP contribution in [0.25, 0.3) is 15.6 Å². The lowest BCUT2D eigenvalue weighted by Crippen LogP contribution is -2.56. The maximum absolute atomic E-state index is 14.4. The zero-order valence-electron chi connectivity index (χ0n) is 26.4. The summed E-state index contributed by atoms with van der Waals surface area (Å²) in [5.41, 5.74) is 3.14. The van der Waals surface area contributed by atoms with Crippen molar-refractivity contribution in [3.63, 3.8) is 0 Å². The number of aromatic nitrogens is 3. The number of nitrogens with zero attached hydrogens (tertiary/aromatic N) is 8. The molecule has 0 spiro atoms. The first-order valence-corrected chi connectivity index (χ1v) is 15.7. The number of ether oxygens (including phenoxy) is 1. The summed E-state index contributed by atoms with van der Waals surface area (Å²) in [5, 5.41) is 2.28. The number of fused-ring (bicyclic) bond motifs is 2. The number of carbonyl (C=O) groups excluding carboxylic acids is 1. The van der Waals surface area contributed by atoms with E-state index in [1.54, 1.807) is 4.90 Å². The Hall–Kier alpha value is -4.30. The van der Waals surface area contributed by atoms with Gasteiger partial charge in [0, 0.05) is 61.3 Å². The van der Waals surface area contributed by atoms with Gasteiger partial charge >= 0.3 is 6.01 Å². The molecule has 2 fully saturated rings. The number of rotatable bonds is 10. The minimum absolute atomic E-state index is 0.0287. The van der Waals surface area contributed by atoms with E-state index in [9.17, 15) is 9.18 Å². The molecular formula is C34H41FN8O2. The van der Waals surface area contributed by atoms with Crippen molar-refractivity contribution in [2.75, 3.05) is 62.7 Å². The molecule has 2 aromatic heterocycles. The highest BCUT2D eigenvalue weighted by Gasteiger charge is 2.44. The topological polar surface area (TPSA) is 82.3 Å². The first-order chi connectivity index (χ1) is 21.7. The molecule has 45 heavy (non-hydrogen) atoms. The van der Waals surface area contributed by atoms with Crippen LogP contribution in [0.2, 0.25) is 0 Å². The van der Waals surface area contributed by atoms with Gasteiger partial charge in [-0.3, -0.25) is 14.7 Å². The van der Waals surface area contributed by atoms with Gasteiger partial charge in [-0.05, 0) is 51.8 Å². The third kappa shape index (κ3) is 6.43. The molecule has 1 saturated heterocycles. The lowest BCUT2D eigenvalue weighted by Gasteiger charge is -2.41. The zero-order valence-corrected chi connectivity index (χ0v) is 26.4. The Morgan fingerprint density at radius 1 is 1.27 bits per heavy atom. The van der Waals surface area contributed by atoms with Gasteiger partial charge in [0.25, 0.3) is 0 Å². The van der Waals surface area contributed by atoms with Gasteiger partial charge in [0.15, 0.2) is 0 Å². The fourth-order valence-corrected chi connectivity index (χ4v) is 6.50. The van der Waals surface area contributed by atoms with Gasteiger partial charge in [0.2, 0.25) is 12.5 Å². The molecule has 3 aliphatic rings. The van der Waals surface area contributed by atoms with Crippen molar-refractivity contribution < 1.29 is 13.9 Å². The molecule has 3 aromatic rings. The van der Waals surface area contributed by atoms with E-state index in [1.807, 2.05) is 31.3 Å². The van der Waals surface area contributed by atoms with Crippen LogP contribution in [0, 0.1) is 13.5 Å². The third-order valence-electron chi connectivity index (χ3n) is 9.41. The van der Waals surface area contributed by atoms with Gasteiger partial charge < -0.3 is 24.3 Å². The average molecular weight is 613 g/mol. The fourth-order valence-electron chi connectivity index (χ4n) is 6.50. The van der Waals surface area contributed by atoms with Crippen LogP contribution in [0.5, 0.6) is 6.01 Å². The van der Waals surface area contributed by atoms with Crippen molar-refractivity contribution in [3.8, 4) is 6.01 Å². The second kappa shape index (κ2) is 12.6. The van der Waals surface area contributed by atoms with Crippen LogP contribution in [0.15, 0.2) is 43.2 Å². The maximum atomic E-state index is 14.4. The quantitative estimate of drug-likeness (QED) is 0.249. The van der Waals surface area contributed by atoms with E-state index >= 15 is 0 Å². The largest absolute Gasteiger partial charge is 0.462 e. The van der Waals surface area contributed by atoms with E-state index in [0.717, 1.165) is 41.1 Å². The van der Waals surface area contributed by atoms with Crippen LogP contribution in [-0.4, -0.2) is 101 Å². The molecule has 0 radical (unpaired) electrons. The minimum Gasteiger partial charge on any atom is -0.462 e. The Kier molecular flexibility index (Phi) is 8.60. The number of pyridine rings is 1. The number of hydrogen-bond donors (Lipinski definition) is 0. The van der Waals surface area contributed by atoms with Crippen molar-refractivity contribution in [3.05, 3.63) is 71.5 Å². The summed E-state index contributed by atoms with van der Waals surface area (Å²) in [6, 6.07) is 6.25. The van der Waals surface area contributed by atoms with E-state index in [1.165, 1.54) is 17.0 Å². The molecule has 1 aromatic carbocycles. The van der Waals surface area contributed by atoms with Crippen molar-refractivity contribution in [2.24, 2.45) is 0 Å². The number of hydrogen-bond acceptors (Lipinski definition) is 8. The number of aryl methyl sites for hydroxylation is 1. The molecule has 2 atom stereocenters. The molecule has 10 nitrogen and oxygen atoms in total. The Balaban J connectivity index is 1.31. The molecule has 2 aliphatic heterocycles. The second-order valence-electron chi connectivity index (χ2n) is 12.7. The highest BCUT2D eigenvalue weighted by Crippen LogP contribution is 2.40. The summed E-state index contributed by atoms with van der Waals surface area (Å²) in [5.74, 6) is 0.635. The molecule has 0 bridgehead atoms. The van der Waals surface area contributed by atoms with E-state index in [4.69, 9.17) is 21.3 Å². The van der Waals surface area contributed by atoms with Gasteiger partial charge in [-0.15, -0.1) is 0 Å². The fraction of sp³-hybridized carbons (Fsp3) is 0.500. The number of piperazine rings is 1. The van der Waals surface area contributed by atoms with Crippen molar-refractivity contribution in [1.82, 2.24) is 24.8 Å². The van der Waals surface area contributed by atoms with E-state index in [-0.39, 0.29) is 30.5 Å². The number of benzene rings is 1. The SMILES string of the molecule is [C-]#[N+]C[C@H]1CN(c2nc(OC[C@H](C)N(C)CC3(F)CC3)nc3c2CCN(c2cncc4cccc(C)c24)C3)CCN1C(=O)C=C. The molecule has 1 amide bonds. The molecule has 236 valence electrons. The predicted octanol–water partition coefficient (Wildman–Crippen LogP) is 4.22. The van der Waals surface area contributed by atoms with Gasteiger partial charge in [-0.2, -0.15) is 9.97 Å². The van der Waals surface area contributed by atoms with Gasteiger partial charge in [0.1, 0.15) is 24.1 Å². The van der Waals surface area contributed by atoms with Crippen molar-refractivity contribution >= 4 is 28.2 Å². The molecule has 0 unspecified atom stereocenters. The lowest BCUT2D eigenvalue weighted by molar-refractivity contribution is -0.128. The molecule has 0 N–H and O–H groups in total. The Morgan fingerprint density at radius 2 is 2.09 bits per heavy atom. The summed E-state index contributed by atoms with van der Waals surface area (Å²) >= 11 is 0. The van der Waals surface area contributed by atoms with Crippen LogP contribution in [0.3, 0.4) is 0 Å². The lowest BCUT2D eigenvalue weighted by atomic mass is 10.0. The molecule has 1 aliphatic carbocycles. The Labute approximate surface area is 264 Å². The Morgan fingerprint density at radius 3 is 2.84 bits per heavy atom. The first-order valence-electron chi connectivity index (χ1n) is 15.7. The molecule has 6 rings (SSSR count). The predicted molar refractivity (Wildman–Crippen MR) is 173 cm³/mol. The van der Waals surface area contributed by atoms with Crippen molar-refractivity contribution in [2.45, 2.75) is 57.4 Å². The van der Waals surface area contributed by atoms with Crippen LogP contribution < -0.4 is 14.5 Å². The molecule has 11 heteroatoms. The third-order valence-corrected chi connectivity index (χ3v) is 9.41. The van der Waals surface area contributed by atoms with Gasteiger partial charge in [-0.1, -0.05) is 24.8 Å². The summed E-state index contributed by atoms with van der Waals surface area (Å²) in [6.07, 6.45) is 7.10. The zero-order chi connectivity index (χ0) is 31.7. The van der Waals surface area contributed by atoms with Crippen LogP contribution >= 0.6 is 0 Å². The maximum Gasteiger partial charge on any atom is 0.318 e. The van der Waals surface area contributed by atoms with E-state index in [2.05, 4.69) is 51.3 Å².